The molecule has 1 aliphatic heterocycles. The van der Waals surface area contributed by atoms with Gasteiger partial charge >= 0.3 is 6.03 Å². The van der Waals surface area contributed by atoms with Gasteiger partial charge in [-0.15, -0.1) is 10.2 Å². The number of carbonyl (C=O) groups is 1. The van der Waals surface area contributed by atoms with Gasteiger partial charge in [0.1, 0.15) is 0 Å². The van der Waals surface area contributed by atoms with Crippen LogP contribution in [0.2, 0.25) is 0 Å². The summed E-state index contributed by atoms with van der Waals surface area (Å²) < 4.78 is 7.57. The van der Waals surface area contributed by atoms with Crippen LogP contribution in [-0.2, 0) is 13.1 Å². The second-order valence-electron chi connectivity index (χ2n) is 6.93. The highest BCUT2D eigenvalue weighted by atomic mass is 16.4. The Morgan fingerprint density at radius 1 is 1.18 bits per heavy atom. The molecule has 8 nitrogen and oxygen atoms in total. The Bertz CT molecular complexity index is 877. The summed E-state index contributed by atoms with van der Waals surface area (Å²) in [7, 11) is 0. The minimum Gasteiger partial charge on any atom is -0.419 e. The minimum atomic E-state index is -0.0790. The third-order valence-corrected chi connectivity index (χ3v) is 5.02. The van der Waals surface area contributed by atoms with Gasteiger partial charge in [0.2, 0.25) is 11.8 Å². The molecule has 1 atom stereocenters. The van der Waals surface area contributed by atoms with Crippen molar-refractivity contribution < 1.29 is 9.21 Å². The topological polar surface area (TPSA) is 89.1 Å². The molecule has 1 aromatic carbocycles. The normalized spacial score (nSPS) is 16.9. The van der Waals surface area contributed by atoms with Crippen LogP contribution in [0.25, 0.3) is 11.5 Å². The Hall–Kier alpha value is -3.16. The van der Waals surface area contributed by atoms with Gasteiger partial charge in [0, 0.05) is 37.1 Å². The first-order valence-corrected chi connectivity index (χ1v) is 9.69. The smallest absolute Gasteiger partial charge is 0.318 e. The van der Waals surface area contributed by atoms with Gasteiger partial charge in [0.15, 0.2) is 0 Å². The Balaban J connectivity index is 1.32. The highest BCUT2D eigenvalue weighted by Crippen LogP contribution is 2.21. The van der Waals surface area contributed by atoms with Crippen LogP contribution < -0.4 is 5.32 Å². The van der Waals surface area contributed by atoms with E-state index in [0.29, 0.717) is 11.8 Å². The van der Waals surface area contributed by atoms with E-state index in [2.05, 4.69) is 20.6 Å². The van der Waals surface area contributed by atoms with Crippen molar-refractivity contribution in [1.82, 2.24) is 30.2 Å². The SMILES string of the molecule is O=C(NCc1nnc(-c2ccccc2)o1)N1CCCC[C@@H]1CCn1cccn1. The first kappa shape index (κ1) is 18.2. The predicted octanol–water partition coefficient (Wildman–Crippen LogP) is 3.09. The Kier molecular flexibility index (Phi) is 5.65. The molecule has 28 heavy (non-hydrogen) atoms. The van der Waals surface area contributed by atoms with Crippen LogP contribution in [0.4, 0.5) is 4.79 Å². The molecule has 1 fully saturated rings. The molecule has 146 valence electrons. The lowest BCUT2D eigenvalue weighted by atomic mass is 10.00. The van der Waals surface area contributed by atoms with Gasteiger partial charge in [0.05, 0.1) is 6.54 Å². The summed E-state index contributed by atoms with van der Waals surface area (Å²) >= 11 is 0. The fourth-order valence-electron chi connectivity index (χ4n) is 3.56. The van der Waals surface area contributed by atoms with Crippen molar-refractivity contribution in [3.05, 3.63) is 54.7 Å². The summed E-state index contributed by atoms with van der Waals surface area (Å²) in [5.41, 5.74) is 0.863. The molecular weight excluding hydrogens is 356 g/mol. The molecule has 3 aromatic rings. The van der Waals surface area contributed by atoms with E-state index in [-0.39, 0.29) is 18.6 Å². The Labute approximate surface area is 163 Å². The van der Waals surface area contributed by atoms with Crippen molar-refractivity contribution in [1.29, 1.82) is 0 Å². The van der Waals surface area contributed by atoms with E-state index >= 15 is 0 Å². The van der Waals surface area contributed by atoms with E-state index < -0.39 is 0 Å². The lowest BCUT2D eigenvalue weighted by Crippen LogP contribution is -2.48. The van der Waals surface area contributed by atoms with Gasteiger partial charge in [-0.1, -0.05) is 18.2 Å². The largest absolute Gasteiger partial charge is 0.419 e. The third kappa shape index (κ3) is 4.39. The quantitative estimate of drug-likeness (QED) is 0.710. The molecule has 2 aromatic heterocycles. The van der Waals surface area contributed by atoms with Crippen molar-refractivity contribution in [2.75, 3.05) is 6.54 Å². The molecule has 1 N–H and O–H groups in total. The second kappa shape index (κ2) is 8.69. The highest BCUT2D eigenvalue weighted by Gasteiger charge is 2.26. The number of aryl methyl sites for hydroxylation is 1. The highest BCUT2D eigenvalue weighted by molar-refractivity contribution is 5.74. The zero-order chi connectivity index (χ0) is 19.2. The second-order valence-corrected chi connectivity index (χ2v) is 6.93. The summed E-state index contributed by atoms with van der Waals surface area (Å²) in [4.78, 5) is 14.7. The fourth-order valence-corrected chi connectivity index (χ4v) is 3.56. The van der Waals surface area contributed by atoms with Crippen LogP contribution in [0.5, 0.6) is 0 Å². The van der Waals surface area contributed by atoms with Crippen LogP contribution in [0.15, 0.2) is 53.2 Å². The predicted molar refractivity (Wildman–Crippen MR) is 103 cm³/mol. The maximum Gasteiger partial charge on any atom is 0.318 e. The van der Waals surface area contributed by atoms with E-state index in [1.165, 1.54) is 0 Å². The Morgan fingerprint density at radius 3 is 2.89 bits per heavy atom. The van der Waals surface area contributed by atoms with Gasteiger partial charge in [0.25, 0.3) is 0 Å². The number of urea groups is 1. The number of hydrogen-bond acceptors (Lipinski definition) is 5. The van der Waals surface area contributed by atoms with Crippen LogP contribution in [0.1, 0.15) is 31.6 Å². The number of benzene rings is 1. The van der Waals surface area contributed by atoms with Gasteiger partial charge in [-0.05, 0) is 43.9 Å². The molecule has 8 heteroatoms. The van der Waals surface area contributed by atoms with E-state index in [1.54, 1.807) is 6.20 Å². The molecule has 0 aliphatic carbocycles. The summed E-state index contributed by atoms with van der Waals surface area (Å²) in [6.45, 7) is 1.81. The van der Waals surface area contributed by atoms with Crippen LogP contribution in [0, 0.1) is 0 Å². The van der Waals surface area contributed by atoms with Crippen molar-refractivity contribution in [3.63, 3.8) is 0 Å². The average molecular weight is 380 g/mol. The lowest BCUT2D eigenvalue weighted by molar-refractivity contribution is 0.142. The van der Waals surface area contributed by atoms with Crippen molar-refractivity contribution in [2.45, 2.75) is 44.8 Å². The number of likely N-dealkylation sites (tertiary alicyclic amines) is 1. The number of piperidine rings is 1. The molecule has 1 aliphatic rings. The molecule has 2 amide bonds. The fraction of sp³-hybridized carbons (Fsp3) is 0.400. The first-order chi connectivity index (χ1) is 13.8. The van der Waals surface area contributed by atoms with Crippen molar-refractivity contribution in [2.24, 2.45) is 0 Å². The van der Waals surface area contributed by atoms with Gasteiger partial charge in [-0.25, -0.2) is 4.79 Å². The number of nitrogens with one attached hydrogen (secondary N) is 1. The lowest BCUT2D eigenvalue weighted by Gasteiger charge is -2.35. The molecular formula is C20H24N6O2. The van der Waals surface area contributed by atoms with E-state index in [4.69, 9.17) is 4.42 Å². The van der Waals surface area contributed by atoms with Gasteiger partial charge < -0.3 is 14.6 Å². The van der Waals surface area contributed by atoms with Crippen LogP contribution in [-0.4, -0.2) is 43.5 Å². The molecule has 0 radical (unpaired) electrons. The molecule has 1 saturated heterocycles. The van der Waals surface area contributed by atoms with E-state index in [0.717, 1.165) is 44.3 Å². The number of rotatable bonds is 6. The molecule has 0 bridgehead atoms. The van der Waals surface area contributed by atoms with Crippen LogP contribution in [0.3, 0.4) is 0 Å². The molecule has 0 saturated carbocycles. The minimum absolute atomic E-state index is 0.0790. The van der Waals surface area contributed by atoms with Crippen LogP contribution >= 0.6 is 0 Å². The number of hydrogen-bond donors (Lipinski definition) is 1. The van der Waals surface area contributed by atoms with E-state index in [9.17, 15) is 4.79 Å². The number of amides is 2. The van der Waals surface area contributed by atoms with Gasteiger partial charge in [-0.2, -0.15) is 5.10 Å². The zero-order valence-corrected chi connectivity index (χ0v) is 15.7. The molecule has 4 rings (SSSR count). The average Bonchev–Trinajstić information content (AvgIpc) is 3.43. The standard InChI is InChI=1S/C20H24N6O2/c27-20(21-15-18-23-24-19(28-18)16-7-2-1-3-8-16)26-13-5-4-9-17(26)10-14-25-12-6-11-22-25/h1-3,6-8,11-12,17H,4-5,9-10,13-15H2,(H,21,27)/t17-/m1/s1. The molecule has 3 heterocycles. The maximum atomic E-state index is 12.7. The zero-order valence-electron chi connectivity index (χ0n) is 15.7. The molecule has 0 unspecified atom stereocenters. The number of nitrogens with zero attached hydrogens (tertiary/aromatic N) is 5. The summed E-state index contributed by atoms with van der Waals surface area (Å²) in [6.07, 6.45) is 7.83. The monoisotopic (exact) mass is 380 g/mol. The summed E-state index contributed by atoms with van der Waals surface area (Å²) in [6, 6.07) is 11.6. The van der Waals surface area contributed by atoms with E-state index in [1.807, 2.05) is 52.2 Å². The first-order valence-electron chi connectivity index (χ1n) is 9.69. The summed E-state index contributed by atoms with van der Waals surface area (Å²) in [5, 5.41) is 15.3. The maximum absolute atomic E-state index is 12.7. The number of carbonyl (C=O) groups excluding carboxylic acids is 1. The Morgan fingerprint density at radius 2 is 2.07 bits per heavy atom. The summed E-state index contributed by atoms with van der Waals surface area (Å²) in [5.74, 6) is 0.859. The third-order valence-electron chi connectivity index (χ3n) is 5.02. The van der Waals surface area contributed by atoms with Crippen molar-refractivity contribution >= 4 is 6.03 Å². The molecule has 0 spiro atoms. The van der Waals surface area contributed by atoms with Gasteiger partial charge in [-0.3, -0.25) is 4.68 Å². The number of aromatic nitrogens is 4. The van der Waals surface area contributed by atoms with Crippen molar-refractivity contribution in [3.8, 4) is 11.5 Å².